The number of amides is 1. The van der Waals surface area contributed by atoms with Gasteiger partial charge < -0.3 is 19.7 Å². The number of benzene rings is 2. The number of carboxylic acids is 1. The highest BCUT2D eigenvalue weighted by Gasteiger charge is 2.38. The first kappa shape index (κ1) is 21.2. The van der Waals surface area contributed by atoms with Crippen LogP contribution in [0.5, 0.6) is 0 Å². The molecular weight excluding hydrogens is 407 g/mol. The molecule has 4 rings (SSSR count). The van der Waals surface area contributed by atoms with E-state index in [1.807, 2.05) is 18.2 Å². The summed E-state index contributed by atoms with van der Waals surface area (Å²) in [5.41, 5.74) is 1.51. The van der Waals surface area contributed by atoms with E-state index in [0.29, 0.717) is 29.9 Å². The third-order valence-corrected chi connectivity index (χ3v) is 4.28. The first-order valence-electron chi connectivity index (χ1n) is 8.81. The molecule has 0 atom stereocenters. The van der Waals surface area contributed by atoms with E-state index >= 15 is 0 Å². The van der Waals surface area contributed by atoms with Crippen molar-refractivity contribution < 1.29 is 32.3 Å². The van der Waals surface area contributed by atoms with Gasteiger partial charge in [0.1, 0.15) is 16.8 Å². The minimum atomic E-state index is -5.08. The van der Waals surface area contributed by atoms with Gasteiger partial charge in [-0.15, -0.1) is 0 Å². The molecule has 2 heterocycles. The number of nitrogens with zero attached hydrogens (tertiary/aromatic N) is 2. The molecule has 1 fully saturated rings. The van der Waals surface area contributed by atoms with Gasteiger partial charge in [-0.05, 0) is 24.3 Å². The quantitative estimate of drug-likeness (QED) is 0.576. The Morgan fingerprint density at radius 2 is 1.73 bits per heavy atom. The molecule has 1 aliphatic carbocycles. The second-order valence-electron chi connectivity index (χ2n) is 6.31. The number of carbonyl (C=O) groups is 2. The number of carbonyl (C=O) groups excluding carboxylic acids is 1. The molecule has 2 N–H and O–H groups in total. The highest BCUT2D eigenvalue weighted by atomic mass is 19.4. The fraction of sp³-hybridized carbons (Fsp3) is 0.263. The number of aliphatic carboxylic acids is 1. The van der Waals surface area contributed by atoms with E-state index < -0.39 is 12.1 Å². The number of piperazine rings is 1. The van der Waals surface area contributed by atoms with Crippen molar-refractivity contribution in [2.24, 2.45) is 0 Å². The van der Waals surface area contributed by atoms with Gasteiger partial charge in [-0.1, -0.05) is 12.1 Å². The Hall–Kier alpha value is -3.47. The Balaban J connectivity index is 0.000000318. The number of rotatable bonds is 1. The lowest BCUT2D eigenvalue weighted by atomic mass is 10.1. The van der Waals surface area contributed by atoms with Crippen LogP contribution in [0.2, 0.25) is 0 Å². The average Bonchev–Trinajstić information content (AvgIpc) is 2.72. The molecule has 30 heavy (non-hydrogen) atoms. The van der Waals surface area contributed by atoms with Crippen LogP contribution in [0.1, 0.15) is 10.4 Å². The molecule has 0 spiro atoms. The lowest BCUT2D eigenvalue weighted by molar-refractivity contribution is -0.192. The van der Waals surface area contributed by atoms with Crippen LogP contribution in [-0.4, -0.2) is 59.2 Å². The lowest BCUT2D eigenvalue weighted by Crippen LogP contribution is -2.47. The van der Waals surface area contributed by atoms with Gasteiger partial charge in [-0.25, -0.2) is 9.78 Å². The van der Waals surface area contributed by atoms with Crippen LogP contribution in [0.3, 0.4) is 0 Å². The van der Waals surface area contributed by atoms with Crippen molar-refractivity contribution >= 4 is 23.0 Å². The maximum absolute atomic E-state index is 12.8. The molecule has 1 aromatic rings. The Morgan fingerprint density at radius 3 is 2.37 bits per heavy atom. The average molecular weight is 423 g/mol. The molecule has 1 aromatic carbocycles. The van der Waals surface area contributed by atoms with Crippen LogP contribution in [0.15, 0.2) is 45.6 Å². The van der Waals surface area contributed by atoms with Gasteiger partial charge >= 0.3 is 12.1 Å². The van der Waals surface area contributed by atoms with Gasteiger partial charge in [0.15, 0.2) is 16.8 Å². The smallest absolute Gasteiger partial charge is 0.475 e. The molecule has 8 nitrogen and oxygen atoms in total. The topological polar surface area (TPSA) is 113 Å². The summed E-state index contributed by atoms with van der Waals surface area (Å²) in [5.74, 6) is -2.78. The van der Waals surface area contributed by atoms with Gasteiger partial charge in [-0.2, -0.15) is 13.2 Å². The van der Waals surface area contributed by atoms with Crippen LogP contribution in [0.25, 0.3) is 22.6 Å². The molecule has 11 heteroatoms. The van der Waals surface area contributed by atoms with E-state index in [1.54, 1.807) is 17.0 Å². The fourth-order valence-electron chi connectivity index (χ4n) is 2.85. The Kier molecular flexibility index (Phi) is 6.01. The second-order valence-corrected chi connectivity index (χ2v) is 6.31. The number of hydrogen-bond donors (Lipinski definition) is 2. The summed E-state index contributed by atoms with van der Waals surface area (Å²) in [6.45, 7) is 2.61. The summed E-state index contributed by atoms with van der Waals surface area (Å²) in [4.78, 5) is 40.1. The Morgan fingerprint density at radius 1 is 1.10 bits per heavy atom. The molecule has 2 aliphatic heterocycles. The maximum atomic E-state index is 12.8. The van der Waals surface area contributed by atoms with Gasteiger partial charge in [0, 0.05) is 26.2 Å². The van der Waals surface area contributed by atoms with Crippen molar-refractivity contribution in [3.05, 3.63) is 52.2 Å². The standard InChI is InChI=1S/C17H15N3O3.C2HF3O2/c21-13-6-5-12-16(23-14-4-2-1-3-11(14)19-12)15(13)17(22)20-9-7-18-8-10-20;3-2(4,5)1(6)7/h1-6,18H,7-10H2;(H,6,7). The summed E-state index contributed by atoms with van der Waals surface area (Å²) in [6, 6.07) is 10.3. The molecule has 0 aromatic heterocycles. The number of para-hydroxylation sites is 2. The molecule has 0 unspecified atom stereocenters. The van der Waals surface area contributed by atoms with Gasteiger partial charge in [0.25, 0.3) is 5.91 Å². The maximum Gasteiger partial charge on any atom is 0.490 e. The number of carboxylic acid groups (broad SMARTS) is 1. The fourth-order valence-corrected chi connectivity index (χ4v) is 2.85. The van der Waals surface area contributed by atoms with Crippen molar-refractivity contribution in [3.63, 3.8) is 0 Å². The zero-order chi connectivity index (χ0) is 21.9. The van der Waals surface area contributed by atoms with Crippen LogP contribution >= 0.6 is 0 Å². The van der Waals surface area contributed by atoms with Crippen molar-refractivity contribution in [1.29, 1.82) is 0 Å². The summed E-state index contributed by atoms with van der Waals surface area (Å²) < 4.78 is 37.6. The molecule has 0 bridgehead atoms. The number of hydrogen-bond acceptors (Lipinski definition) is 6. The number of aromatic nitrogens is 1. The van der Waals surface area contributed by atoms with Crippen molar-refractivity contribution in [2.45, 2.75) is 6.18 Å². The highest BCUT2D eigenvalue weighted by molar-refractivity contribution is 6.00. The third kappa shape index (κ3) is 4.57. The Labute approximate surface area is 167 Å². The predicted molar refractivity (Wildman–Crippen MR) is 99.4 cm³/mol. The van der Waals surface area contributed by atoms with Crippen LogP contribution in [0.4, 0.5) is 13.2 Å². The third-order valence-electron chi connectivity index (χ3n) is 4.28. The minimum absolute atomic E-state index is 0.0719. The minimum Gasteiger partial charge on any atom is -0.475 e. The van der Waals surface area contributed by atoms with E-state index in [2.05, 4.69) is 10.3 Å². The van der Waals surface area contributed by atoms with Gasteiger partial charge in [-0.3, -0.25) is 9.59 Å². The first-order valence-corrected chi connectivity index (χ1v) is 8.81. The largest absolute Gasteiger partial charge is 0.490 e. The van der Waals surface area contributed by atoms with E-state index in [9.17, 15) is 22.8 Å². The summed E-state index contributed by atoms with van der Waals surface area (Å²) in [5, 5.41) is 10.3. The van der Waals surface area contributed by atoms with Gasteiger partial charge in [0.05, 0.1) is 0 Å². The van der Waals surface area contributed by atoms with Gasteiger partial charge in [0.2, 0.25) is 0 Å². The van der Waals surface area contributed by atoms with Crippen LogP contribution < -0.4 is 10.7 Å². The molecule has 1 saturated heterocycles. The molecular formula is C19H16F3N3O5. The van der Waals surface area contributed by atoms with E-state index in [0.717, 1.165) is 13.1 Å². The van der Waals surface area contributed by atoms with Crippen molar-refractivity contribution in [1.82, 2.24) is 15.2 Å². The van der Waals surface area contributed by atoms with Crippen LogP contribution in [0, 0.1) is 0 Å². The second kappa shape index (κ2) is 8.49. The summed E-state index contributed by atoms with van der Waals surface area (Å²) in [6.07, 6.45) is -5.08. The molecule has 3 aliphatic rings. The van der Waals surface area contributed by atoms with Crippen LogP contribution in [-0.2, 0) is 4.79 Å². The monoisotopic (exact) mass is 423 g/mol. The summed E-state index contributed by atoms with van der Waals surface area (Å²) >= 11 is 0. The van der Waals surface area contributed by atoms with E-state index in [1.165, 1.54) is 6.07 Å². The number of halogens is 3. The molecule has 0 saturated carbocycles. The SMILES string of the molecule is O=C(O)C(F)(F)F.O=C(c1c2oc3ccccc3nc-2ccc1=O)N1CCNCC1. The van der Waals surface area contributed by atoms with Crippen molar-refractivity contribution in [2.75, 3.05) is 26.2 Å². The first-order chi connectivity index (χ1) is 14.2. The summed E-state index contributed by atoms with van der Waals surface area (Å²) in [7, 11) is 0. The predicted octanol–water partition coefficient (Wildman–Crippen LogP) is 1.97. The molecule has 158 valence electrons. The number of fused-ring (bicyclic) bond motifs is 2. The molecule has 0 radical (unpaired) electrons. The zero-order valence-electron chi connectivity index (χ0n) is 15.4. The van der Waals surface area contributed by atoms with Crippen molar-refractivity contribution in [3.8, 4) is 11.5 Å². The highest BCUT2D eigenvalue weighted by Crippen LogP contribution is 2.27. The number of alkyl halides is 3. The van der Waals surface area contributed by atoms with E-state index in [4.69, 9.17) is 14.3 Å². The number of nitrogens with one attached hydrogen (secondary N) is 1. The zero-order valence-corrected chi connectivity index (χ0v) is 15.4. The Bertz CT molecular complexity index is 1110. The van der Waals surface area contributed by atoms with E-state index in [-0.39, 0.29) is 22.7 Å². The lowest BCUT2D eigenvalue weighted by Gasteiger charge is -2.27. The normalized spacial score (nSPS) is 14.3. The molecule has 1 amide bonds.